The van der Waals surface area contributed by atoms with E-state index >= 15 is 0 Å². The highest BCUT2D eigenvalue weighted by Gasteiger charge is 2.21. The summed E-state index contributed by atoms with van der Waals surface area (Å²) >= 11 is 6.56. The minimum atomic E-state index is -0.343. The zero-order valence-corrected chi connectivity index (χ0v) is 27.1. The van der Waals surface area contributed by atoms with Gasteiger partial charge in [0.15, 0.2) is 5.65 Å². The van der Waals surface area contributed by atoms with Gasteiger partial charge in [0.05, 0.1) is 36.0 Å². The Hall–Kier alpha value is -5.61. The van der Waals surface area contributed by atoms with Crippen molar-refractivity contribution >= 4 is 45.1 Å². The molecule has 0 amide bonds. The Morgan fingerprint density at radius 2 is 1.82 bits per heavy atom. The lowest BCUT2D eigenvalue weighted by atomic mass is 10.1. The molecule has 0 aliphatic carbocycles. The zero-order valence-electron chi connectivity index (χ0n) is 26.3. The molecule has 4 heterocycles. The lowest BCUT2D eigenvalue weighted by Gasteiger charge is -2.25. The molecule has 1 aliphatic rings. The number of ether oxygens (including phenoxy) is 1. The Labute approximate surface area is 285 Å². The van der Waals surface area contributed by atoms with Gasteiger partial charge in [-0.25, -0.2) is 19.6 Å². The first-order valence-electron chi connectivity index (χ1n) is 15.7. The summed E-state index contributed by atoms with van der Waals surface area (Å²) in [4.78, 5) is 42.9. The number of nitrogens with zero attached hydrogens (tertiary/aromatic N) is 7. The second-order valence-corrected chi connectivity index (χ2v) is 12.0. The molecule has 246 valence electrons. The summed E-state index contributed by atoms with van der Waals surface area (Å²) in [7, 11) is 0. The summed E-state index contributed by atoms with van der Waals surface area (Å²) in [6.07, 6.45) is 1.63. The molecule has 0 atom stereocenters. The quantitative estimate of drug-likeness (QED) is 0.227. The average Bonchev–Trinajstić information content (AvgIpc) is 3.48. The monoisotopic (exact) mass is 674 g/mol. The summed E-state index contributed by atoms with van der Waals surface area (Å²) in [5, 5.41) is 16.3. The van der Waals surface area contributed by atoms with Crippen molar-refractivity contribution in [3.05, 3.63) is 105 Å². The highest BCUT2D eigenvalue weighted by Crippen LogP contribution is 2.32. The van der Waals surface area contributed by atoms with E-state index < -0.39 is 0 Å². The number of morpholine rings is 1. The Morgan fingerprint density at radius 1 is 1.00 bits per heavy atom. The molecule has 3 aromatic carbocycles. The highest BCUT2D eigenvalue weighted by molar-refractivity contribution is 6.31. The molecule has 1 aliphatic heterocycles. The van der Waals surface area contributed by atoms with Crippen LogP contribution in [0.25, 0.3) is 33.2 Å². The van der Waals surface area contributed by atoms with Gasteiger partial charge in [-0.05, 0) is 41.8 Å². The SMILES string of the molecule is Nc1ncnc2c1c(-c1cccc(O)c1)nn2Cc1nc2cccc(C#CC(=O)CCN3CCOCC3)c2c(=O)n1Cc1ccccc1Cl. The van der Waals surface area contributed by atoms with E-state index in [1.165, 1.54) is 6.33 Å². The number of fused-ring (bicyclic) bond motifs is 2. The maximum atomic E-state index is 14.4. The molecule has 6 aromatic rings. The number of ketones is 1. The summed E-state index contributed by atoms with van der Waals surface area (Å²) in [6.45, 7) is 3.65. The van der Waals surface area contributed by atoms with Gasteiger partial charge in [-0.3, -0.25) is 19.1 Å². The molecule has 1 fully saturated rings. The van der Waals surface area contributed by atoms with Gasteiger partial charge >= 0.3 is 0 Å². The third kappa shape index (κ3) is 6.73. The molecule has 0 unspecified atom stereocenters. The van der Waals surface area contributed by atoms with Crippen LogP contribution in [0.5, 0.6) is 5.75 Å². The molecule has 1 saturated heterocycles. The predicted molar refractivity (Wildman–Crippen MR) is 186 cm³/mol. The van der Waals surface area contributed by atoms with Crippen LogP contribution in [0.4, 0.5) is 5.82 Å². The number of nitrogen functional groups attached to an aromatic ring is 1. The topological polar surface area (TPSA) is 154 Å². The number of halogens is 1. The number of phenols is 1. The first-order valence-corrected chi connectivity index (χ1v) is 16.1. The number of aromatic hydroxyl groups is 1. The van der Waals surface area contributed by atoms with Crippen LogP contribution in [0.15, 0.2) is 77.9 Å². The molecule has 7 rings (SSSR count). The molecule has 0 saturated carbocycles. The Balaban J connectivity index is 1.32. The number of nitrogens with two attached hydrogens (primary N) is 1. The third-order valence-electron chi connectivity index (χ3n) is 8.41. The van der Waals surface area contributed by atoms with Gasteiger partial charge in [0, 0.05) is 42.2 Å². The van der Waals surface area contributed by atoms with Crippen LogP contribution in [0.2, 0.25) is 5.02 Å². The smallest absolute Gasteiger partial charge is 0.263 e. The lowest BCUT2D eigenvalue weighted by Crippen LogP contribution is -2.37. The highest BCUT2D eigenvalue weighted by atomic mass is 35.5. The number of carbonyl (C=O) groups is 1. The van der Waals surface area contributed by atoms with E-state index in [1.54, 1.807) is 57.8 Å². The summed E-state index contributed by atoms with van der Waals surface area (Å²) in [5.41, 5.74) is 9.03. The Kier molecular flexibility index (Phi) is 9.04. The Morgan fingerprint density at radius 3 is 2.63 bits per heavy atom. The van der Waals surface area contributed by atoms with Gasteiger partial charge in [0.2, 0.25) is 5.78 Å². The fourth-order valence-electron chi connectivity index (χ4n) is 5.91. The number of hydrogen-bond donors (Lipinski definition) is 2. The van der Waals surface area contributed by atoms with Crippen LogP contribution in [0.1, 0.15) is 23.4 Å². The summed E-state index contributed by atoms with van der Waals surface area (Å²) in [5.74, 6) is 6.15. The van der Waals surface area contributed by atoms with Gasteiger partial charge < -0.3 is 15.6 Å². The number of phenolic OH excluding ortho intramolecular Hbond substituents is 1. The molecule has 0 spiro atoms. The molecule has 3 N–H and O–H groups in total. The van der Waals surface area contributed by atoms with Crippen LogP contribution in [0, 0.1) is 11.8 Å². The van der Waals surface area contributed by atoms with Gasteiger partial charge in [-0.2, -0.15) is 5.10 Å². The number of anilines is 1. The number of Topliss-reactive ketones (excluding diaryl/α,β-unsaturated/α-hetero) is 1. The number of aromatic nitrogens is 6. The van der Waals surface area contributed by atoms with Crippen LogP contribution < -0.4 is 11.3 Å². The van der Waals surface area contributed by atoms with E-state index in [0.29, 0.717) is 74.9 Å². The van der Waals surface area contributed by atoms with Crippen molar-refractivity contribution in [1.29, 1.82) is 0 Å². The second-order valence-electron chi connectivity index (χ2n) is 11.6. The van der Waals surface area contributed by atoms with Crippen LogP contribution >= 0.6 is 11.6 Å². The van der Waals surface area contributed by atoms with Gasteiger partial charge in [-0.15, -0.1) is 0 Å². The molecule has 13 heteroatoms. The van der Waals surface area contributed by atoms with Gasteiger partial charge in [0.25, 0.3) is 5.56 Å². The van der Waals surface area contributed by atoms with Crippen LogP contribution in [-0.2, 0) is 22.6 Å². The molecule has 3 aromatic heterocycles. The first kappa shape index (κ1) is 32.0. The maximum Gasteiger partial charge on any atom is 0.263 e. The molecular formula is C36H31ClN8O4. The van der Waals surface area contributed by atoms with Crippen molar-refractivity contribution in [2.45, 2.75) is 19.5 Å². The lowest BCUT2D eigenvalue weighted by molar-refractivity contribution is -0.114. The number of rotatable bonds is 8. The van der Waals surface area contributed by atoms with Crippen molar-refractivity contribution in [3.8, 4) is 28.8 Å². The van der Waals surface area contributed by atoms with Crippen molar-refractivity contribution in [2.24, 2.45) is 0 Å². The molecule has 49 heavy (non-hydrogen) atoms. The van der Waals surface area contributed by atoms with E-state index in [2.05, 4.69) is 26.7 Å². The van der Waals surface area contributed by atoms with Crippen LogP contribution in [0.3, 0.4) is 0 Å². The average molecular weight is 675 g/mol. The van der Waals surface area contributed by atoms with E-state index in [0.717, 1.165) is 13.1 Å². The summed E-state index contributed by atoms with van der Waals surface area (Å²) < 4.78 is 8.54. The largest absolute Gasteiger partial charge is 0.508 e. The van der Waals surface area contributed by atoms with E-state index in [-0.39, 0.29) is 42.4 Å². The van der Waals surface area contributed by atoms with Gasteiger partial charge in [0.1, 0.15) is 36.0 Å². The molecule has 0 bridgehead atoms. The molecule has 12 nitrogen and oxygen atoms in total. The summed E-state index contributed by atoms with van der Waals surface area (Å²) in [6, 6.07) is 19.1. The third-order valence-corrected chi connectivity index (χ3v) is 8.78. The standard InChI is InChI=1S/C36H31ClN8O4/c37-28-9-2-1-5-25(28)20-44-30(21-45-35-32(34(38)39-22-40-35)33(42-45)24-7-3-8-27(47)19-24)41-29-10-4-6-23(31(29)36(44)48)11-12-26(46)13-14-43-15-17-49-18-16-43/h1-10,19,22,47H,13-18,20-21H2,(H2,38,39,40). The normalized spacial score (nSPS) is 13.4. The fraction of sp³-hybridized carbons (Fsp3) is 0.222. The van der Waals surface area contributed by atoms with E-state index in [4.69, 9.17) is 32.2 Å². The fourth-order valence-corrected chi connectivity index (χ4v) is 6.10. The minimum absolute atomic E-state index is 0.0390. The van der Waals surface area contributed by atoms with Crippen molar-refractivity contribution in [1.82, 2.24) is 34.2 Å². The minimum Gasteiger partial charge on any atom is -0.508 e. The number of carbonyl (C=O) groups excluding carboxylic acids is 1. The molecular weight excluding hydrogens is 644 g/mol. The maximum absolute atomic E-state index is 14.4. The van der Waals surface area contributed by atoms with Crippen molar-refractivity contribution in [2.75, 3.05) is 38.6 Å². The van der Waals surface area contributed by atoms with E-state index in [9.17, 15) is 14.7 Å². The second kappa shape index (κ2) is 13.9. The van der Waals surface area contributed by atoms with E-state index in [1.807, 2.05) is 18.2 Å². The first-order chi connectivity index (χ1) is 23.9. The molecule has 0 radical (unpaired) electrons. The predicted octanol–water partition coefficient (Wildman–Crippen LogP) is 3.88. The Bertz CT molecular complexity index is 2340. The number of hydrogen-bond acceptors (Lipinski definition) is 10. The number of benzene rings is 3. The van der Waals surface area contributed by atoms with Crippen molar-refractivity contribution < 1.29 is 14.6 Å². The zero-order chi connectivity index (χ0) is 33.9. The van der Waals surface area contributed by atoms with Crippen LogP contribution in [-0.4, -0.2) is 77.9 Å². The van der Waals surface area contributed by atoms with Crippen molar-refractivity contribution in [3.63, 3.8) is 0 Å². The van der Waals surface area contributed by atoms with Gasteiger partial charge in [-0.1, -0.05) is 53.9 Å².